The molecule has 0 aliphatic heterocycles. The summed E-state index contributed by atoms with van der Waals surface area (Å²) in [5.74, 6) is -0.923. The zero-order valence-corrected chi connectivity index (χ0v) is 12.2. The number of rotatable bonds is 5. The van der Waals surface area contributed by atoms with Crippen molar-refractivity contribution in [3.63, 3.8) is 0 Å². The Bertz CT molecular complexity index is 759. The highest BCUT2D eigenvalue weighted by atomic mass is 35.5. The van der Waals surface area contributed by atoms with Crippen LogP contribution in [0.2, 0.25) is 5.02 Å². The Hall–Kier alpha value is -1.40. The van der Waals surface area contributed by atoms with E-state index in [0.29, 0.717) is 6.07 Å². The fraction of sp³-hybridized carbons (Fsp3) is 0.125. The number of carbonyl (C=O) groups is 1. The summed E-state index contributed by atoms with van der Waals surface area (Å²) >= 11 is 5.64. The molecule has 9 nitrogen and oxygen atoms in total. The molecule has 0 bridgehead atoms. The van der Waals surface area contributed by atoms with Crippen molar-refractivity contribution in [2.24, 2.45) is 10.9 Å². The lowest BCUT2D eigenvalue weighted by Crippen LogP contribution is -2.33. The van der Waals surface area contributed by atoms with Crippen LogP contribution < -0.4 is 21.3 Å². The standard InChI is InChI=1S/C8H11ClN4O5S2/c9-4-1-5(10)7(2-6(4)19(12,15)16)20(17,18)13-3-8(11)14/h1-2,13H,3,10H2,(H2,11,14)(H2,12,15,16). The second-order valence-electron chi connectivity index (χ2n) is 3.66. The highest BCUT2D eigenvalue weighted by Gasteiger charge is 2.23. The van der Waals surface area contributed by atoms with Gasteiger partial charge in [-0.2, -0.15) is 0 Å². The van der Waals surface area contributed by atoms with Crippen molar-refractivity contribution in [3.8, 4) is 0 Å². The first-order valence-electron chi connectivity index (χ1n) is 4.85. The number of hydrogen-bond acceptors (Lipinski definition) is 6. The van der Waals surface area contributed by atoms with Gasteiger partial charge in [0.25, 0.3) is 0 Å². The van der Waals surface area contributed by atoms with Crippen LogP contribution in [-0.2, 0) is 24.8 Å². The van der Waals surface area contributed by atoms with Gasteiger partial charge in [-0.15, -0.1) is 0 Å². The molecule has 0 aromatic heterocycles. The Morgan fingerprint density at radius 2 is 1.75 bits per heavy atom. The largest absolute Gasteiger partial charge is 0.398 e. The molecule has 0 heterocycles. The molecule has 1 amide bonds. The van der Waals surface area contributed by atoms with Crippen molar-refractivity contribution in [1.82, 2.24) is 4.72 Å². The lowest BCUT2D eigenvalue weighted by molar-refractivity contribution is -0.116. The maximum absolute atomic E-state index is 11.9. The molecule has 0 aliphatic rings. The van der Waals surface area contributed by atoms with Gasteiger partial charge in [-0.3, -0.25) is 4.79 Å². The number of benzene rings is 1. The summed E-state index contributed by atoms with van der Waals surface area (Å²) in [6, 6.07) is 1.64. The number of amides is 1. The topological polar surface area (TPSA) is 175 Å². The zero-order chi connectivity index (χ0) is 15.7. The first kappa shape index (κ1) is 16.7. The Morgan fingerprint density at radius 1 is 1.20 bits per heavy atom. The quantitative estimate of drug-likeness (QED) is 0.465. The van der Waals surface area contributed by atoms with E-state index in [-0.39, 0.29) is 10.7 Å². The Morgan fingerprint density at radius 3 is 2.20 bits per heavy atom. The minimum absolute atomic E-state index is 0.306. The van der Waals surface area contributed by atoms with E-state index in [2.05, 4.69) is 0 Å². The molecular formula is C8H11ClN4O5S2. The third kappa shape index (κ3) is 3.80. The van der Waals surface area contributed by atoms with E-state index < -0.39 is 42.3 Å². The number of primary sulfonamides is 1. The lowest BCUT2D eigenvalue weighted by Gasteiger charge is -2.10. The fourth-order valence-corrected chi connectivity index (χ4v) is 3.56. The van der Waals surface area contributed by atoms with Crippen molar-refractivity contribution in [2.45, 2.75) is 9.79 Å². The monoisotopic (exact) mass is 342 g/mol. The molecule has 0 spiro atoms. The van der Waals surface area contributed by atoms with Gasteiger partial charge in [0.2, 0.25) is 26.0 Å². The highest BCUT2D eigenvalue weighted by Crippen LogP contribution is 2.29. The van der Waals surface area contributed by atoms with E-state index in [0.717, 1.165) is 6.07 Å². The Kier molecular flexibility index (Phi) is 4.61. The van der Waals surface area contributed by atoms with Crippen molar-refractivity contribution >= 4 is 43.2 Å². The number of nitrogens with two attached hydrogens (primary N) is 3. The number of hydrogen-bond donors (Lipinski definition) is 4. The zero-order valence-electron chi connectivity index (χ0n) is 9.83. The minimum Gasteiger partial charge on any atom is -0.398 e. The molecule has 0 aliphatic carbocycles. The SMILES string of the molecule is NC(=O)CNS(=O)(=O)c1cc(S(N)(=O)=O)c(Cl)cc1N. The number of primary amides is 1. The van der Waals surface area contributed by atoms with E-state index in [1.165, 1.54) is 0 Å². The van der Waals surface area contributed by atoms with Gasteiger partial charge in [0.05, 0.1) is 17.3 Å². The average Bonchev–Trinajstić information content (AvgIpc) is 2.24. The number of halogens is 1. The molecule has 7 N–H and O–H groups in total. The maximum atomic E-state index is 11.9. The van der Waals surface area contributed by atoms with Gasteiger partial charge in [-0.25, -0.2) is 26.7 Å². The molecule has 12 heteroatoms. The summed E-state index contributed by atoms with van der Waals surface area (Å²) in [7, 11) is -8.48. The smallest absolute Gasteiger partial charge is 0.243 e. The third-order valence-corrected chi connectivity index (χ3v) is 4.93. The summed E-state index contributed by atoms with van der Waals surface area (Å²) in [5, 5.41) is 4.58. The predicted octanol–water partition coefficient (Wildman–Crippen LogP) is -1.67. The summed E-state index contributed by atoms with van der Waals surface area (Å²) in [5.41, 5.74) is 9.97. The van der Waals surface area contributed by atoms with E-state index in [1.807, 2.05) is 4.72 Å². The van der Waals surface area contributed by atoms with Crippen LogP contribution in [0.25, 0.3) is 0 Å². The van der Waals surface area contributed by atoms with Gasteiger partial charge in [0.15, 0.2) is 0 Å². The molecule has 1 rings (SSSR count). The molecule has 1 aromatic rings. The van der Waals surface area contributed by atoms with Crippen LogP contribution in [0.4, 0.5) is 5.69 Å². The van der Waals surface area contributed by atoms with Gasteiger partial charge in [0, 0.05) is 0 Å². The van der Waals surface area contributed by atoms with Crippen LogP contribution in [0.15, 0.2) is 21.9 Å². The van der Waals surface area contributed by atoms with Gasteiger partial charge in [-0.05, 0) is 12.1 Å². The first-order valence-corrected chi connectivity index (χ1v) is 8.25. The highest BCUT2D eigenvalue weighted by molar-refractivity contribution is 7.90. The summed E-state index contributed by atoms with van der Waals surface area (Å²) in [6.07, 6.45) is 0. The maximum Gasteiger partial charge on any atom is 0.243 e. The van der Waals surface area contributed by atoms with E-state index in [4.69, 9.17) is 28.2 Å². The van der Waals surface area contributed by atoms with Gasteiger partial charge in [-0.1, -0.05) is 11.6 Å². The molecule has 112 valence electrons. The third-order valence-electron chi connectivity index (χ3n) is 2.10. The summed E-state index contributed by atoms with van der Waals surface area (Å²) < 4.78 is 48.1. The molecule has 0 atom stereocenters. The second kappa shape index (κ2) is 5.54. The van der Waals surface area contributed by atoms with E-state index in [9.17, 15) is 21.6 Å². The molecular weight excluding hydrogens is 332 g/mol. The molecule has 0 fully saturated rings. The fourth-order valence-electron chi connectivity index (χ4n) is 1.24. The molecule has 1 aromatic carbocycles. The number of nitrogen functional groups attached to an aromatic ring is 1. The van der Waals surface area contributed by atoms with Crippen LogP contribution in [-0.4, -0.2) is 29.3 Å². The number of nitrogens with one attached hydrogen (secondary N) is 1. The minimum atomic E-state index is -4.24. The lowest BCUT2D eigenvalue weighted by atomic mass is 10.3. The molecule has 0 saturated heterocycles. The number of sulfonamides is 2. The van der Waals surface area contributed by atoms with Gasteiger partial charge >= 0.3 is 0 Å². The summed E-state index contributed by atoms with van der Waals surface area (Å²) in [6.45, 7) is -0.672. The van der Waals surface area contributed by atoms with Crippen molar-refractivity contribution in [3.05, 3.63) is 17.2 Å². The van der Waals surface area contributed by atoms with Crippen LogP contribution in [0, 0.1) is 0 Å². The predicted molar refractivity (Wildman–Crippen MR) is 71.6 cm³/mol. The molecule has 0 radical (unpaired) electrons. The number of anilines is 1. The van der Waals surface area contributed by atoms with Crippen molar-refractivity contribution < 1.29 is 21.6 Å². The molecule has 0 saturated carbocycles. The van der Waals surface area contributed by atoms with Crippen LogP contribution >= 0.6 is 11.6 Å². The Balaban J connectivity index is 3.43. The van der Waals surface area contributed by atoms with Crippen molar-refractivity contribution in [1.29, 1.82) is 0 Å². The normalized spacial score (nSPS) is 12.3. The van der Waals surface area contributed by atoms with E-state index >= 15 is 0 Å². The van der Waals surface area contributed by atoms with Gasteiger partial charge < -0.3 is 11.5 Å². The molecule has 0 unspecified atom stereocenters. The summed E-state index contributed by atoms with van der Waals surface area (Å²) in [4.78, 5) is 9.39. The average molecular weight is 343 g/mol. The van der Waals surface area contributed by atoms with Gasteiger partial charge in [0.1, 0.15) is 9.79 Å². The number of carbonyl (C=O) groups excluding carboxylic acids is 1. The van der Waals surface area contributed by atoms with Crippen molar-refractivity contribution in [2.75, 3.05) is 12.3 Å². The first-order chi connectivity index (χ1) is 8.95. The van der Waals surface area contributed by atoms with E-state index in [1.54, 1.807) is 0 Å². The van der Waals surface area contributed by atoms with Crippen LogP contribution in [0.1, 0.15) is 0 Å². The molecule has 20 heavy (non-hydrogen) atoms. The second-order valence-corrected chi connectivity index (χ2v) is 7.33. The van der Waals surface area contributed by atoms with Crippen LogP contribution in [0.5, 0.6) is 0 Å². The Labute approximate surface area is 120 Å². The van der Waals surface area contributed by atoms with Crippen LogP contribution in [0.3, 0.4) is 0 Å².